The molecular weight excluding hydrogens is 591 g/mol. The SMILES string of the molecule is C=C/C(C)=C(C)\C=C(/C)c1cc(C)c(C)cn1.CC1CCCCC1[NH-].CCC.O.O.[CH3-].[CH3-].[Pt]. The topological polar surface area (TPSA) is 99.7 Å². The number of allylic oxidation sites excluding steroid dienone is 5. The molecule has 1 saturated carbocycles. The van der Waals surface area contributed by atoms with E-state index in [0.29, 0.717) is 5.92 Å². The molecule has 0 spiro atoms. The molecule has 0 aromatic carbocycles. The molecule has 0 aliphatic heterocycles. The number of aryl methyl sites for hydroxylation is 2. The van der Waals surface area contributed by atoms with E-state index in [2.05, 4.69) is 79.1 Å². The zero-order valence-electron chi connectivity index (χ0n) is 23.0. The molecule has 33 heavy (non-hydrogen) atoms. The van der Waals surface area contributed by atoms with Gasteiger partial charge in [-0.1, -0.05) is 77.5 Å². The molecule has 1 aliphatic rings. The summed E-state index contributed by atoms with van der Waals surface area (Å²) in [6.07, 6.45) is 12.3. The first-order valence-electron chi connectivity index (χ1n) is 10.8. The van der Waals surface area contributed by atoms with Crippen LogP contribution in [0.1, 0.15) is 90.5 Å². The number of hydrogen-bond donors (Lipinski definition) is 0. The molecule has 200 valence electrons. The van der Waals surface area contributed by atoms with Crippen LogP contribution < -0.4 is 0 Å². The first kappa shape index (κ1) is 45.4. The predicted octanol–water partition coefficient (Wildman–Crippen LogP) is 7.91. The fraction of sp³-hybridized carbons (Fsp3) is 0.536. The van der Waals surface area contributed by atoms with Crippen molar-refractivity contribution < 1.29 is 32.0 Å². The molecule has 1 aromatic rings. The van der Waals surface area contributed by atoms with Gasteiger partial charge in [0.2, 0.25) is 0 Å². The number of nitrogens with zero attached hydrogens (tertiary/aromatic N) is 1. The van der Waals surface area contributed by atoms with Gasteiger partial charge in [-0.05, 0) is 68.5 Å². The third-order valence-electron chi connectivity index (χ3n) is 5.25. The van der Waals surface area contributed by atoms with Crippen molar-refractivity contribution in [2.45, 2.75) is 93.5 Å². The molecule has 0 amide bonds. The molecule has 2 atom stereocenters. The van der Waals surface area contributed by atoms with E-state index >= 15 is 0 Å². The minimum absolute atomic E-state index is 0. The van der Waals surface area contributed by atoms with Gasteiger partial charge in [0.05, 0.1) is 5.69 Å². The standard InChI is InChI=1S/C16H21N.C7H14N.C3H8.2CH3.2H2O.Pt/c1-7-11(2)12(3)8-14(5)16-9-13(4)15(6)10-17-16;1-6-4-2-3-5-7(6)8;1-3-2;;;;;/h7-10H,1H2,2-6H3;6-8H,2-5H2,1H3;3H2,1-2H3;2*1H3;2*1H2;/q;-1;;2*-1;;;/b12-11-,14-8+;;;;;;;. The van der Waals surface area contributed by atoms with E-state index < -0.39 is 0 Å². The van der Waals surface area contributed by atoms with Crippen molar-refractivity contribution in [3.63, 3.8) is 0 Å². The molecule has 1 aliphatic carbocycles. The van der Waals surface area contributed by atoms with Crippen LogP contribution >= 0.6 is 0 Å². The largest absolute Gasteiger partial charge is 0.674 e. The van der Waals surface area contributed by atoms with E-state index in [1.165, 1.54) is 53.5 Å². The molecule has 5 heteroatoms. The Hall–Kier alpha value is -1.06. The van der Waals surface area contributed by atoms with E-state index in [0.717, 1.165) is 12.1 Å². The van der Waals surface area contributed by atoms with Gasteiger partial charge in [-0.2, -0.15) is 0 Å². The molecule has 0 bridgehead atoms. The van der Waals surface area contributed by atoms with Crippen molar-refractivity contribution >= 4 is 5.57 Å². The molecule has 2 unspecified atom stereocenters. The van der Waals surface area contributed by atoms with Crippen LogP contribution in [0.15, 0.2) is 42.1 Å². The van der Waals surface area contributed by atoms with E-state index in [9.17, 15) is 0 Å². The zero-order chi connectivity index (χ0) is 21.7. The summed E-state index contributed by atoms with van der Waals surface area (Å²) in [4.78, 5) is 4.46. The summed E-state index contributed by atoms with van der Waals surface area (Å²) in [5.41, 5.74) is 14.7. The molecule has 1 aromatic heterocycles. The zero-order valence-corrected chi connectivity index (χ0v) is 25.2. The fourth-order valence-corrected chi connectivity index (χ4v) is 2.83. The summed E-state index contributed by atoms with van der Waals surface area (Å²) in [7, 11) is 0. The minimum Gasteiger partial charge on any atom is -0.674 e. The van der Waals surface area contributed by atoms with Crippen molar-refractivity contribution in [2.24, 2.45) is 5.92 Å². The van der Waals surface area contributed by atoms with Crippen molar-refractivity contribution in [3.05, 3.63) is 79.5 Å². The maximum Gasteiger partial charge on any atom is 0.0661 e. The molecule has 2 rings (SSSR count). The molecule has 0 saturated heterocycles. The van der Waals surface area contributed by atoms with Crippen LogP contribution in [0.2, 0.25) is 0 Å². The van der Waals surface area contributed by atoms with Crippen LogP contribution in [0.25, 0.3) is 11.3 Å². The summed E-state index contributed by atoms with van der Waals surface area (Å²) in [5, 5.41) is 0. The summed E-state index contributed by atoms with van der Waals surface area (Å²) >= 11 is 0. The fourth-order valence-electron chi connectivity index (χ4n) is 2.83. The Morgan fingerprint density at radius 2 is 1.52 bits per heavy atom. The van der Waals surface area contributed by atoms with Gasteiger partial charge in [-0.3, -0.25) is 4.98 Å². The second-order valence-corrected chi connectivity index (χ2v) is 8.13. The van der Waals surface area contributed by atoms with Gasteiger partial charge in [0.15, 0.2) is 0 Å². The molecule has 1 fully saturated rings. The number of rotatable bonds is 3. The molecule has 5 N–H and O–H groups in total. The van der Waals surface area contributed by atoms with Gasteiger partial charge in [0, 0.05) is 27.3 Å². The quantitative estimate of drug-likeness (QED) is 0.242. The summed E-state index contributed by atoms with van der Waals surface area (Å²) < 4.78 is 0. The van der Waals surface area contributed by atoms with Gasteiger partial charge >= 0.3 is 0 Å². The first-order valence-corrected chi connectivity index (χ1v) is 10.8. The Bertz CT molecular complexity index is 660. The number of aromatic nitrogens is 1. The Labute approximate surface area is 221 Å². The van der Waals surface area contributed by atoms with E-state index in [1.807, 2.05) is 12.3 Å². The number of hydrogen-bond acceptors (Lipinski definition) is 1. The predicted molar refractivity (Wildman–Crippen MR) is 148 cm³/mol. The molecular formula is C28H53N2O2Pt-3. The van der Waals surface area contributed by atoms with Crippen LogP contribution in [0.3, 0.4) is 0 Å². The molecule has 1 heterocycles. The maximum absolute atomic E-state index is 7.48. The smallest absolute Gasteiger partial charge is 0.0661 e. The van der Waals surface area contributed by atoms with E-state index in [1.54, 1.807) is 0 Å². The van der Waals surface area contributed by atoms with Crippen LogP contribution in [0.4, 0.5) is 0 Å². The van der Waals surface area contributed by atoms with Crippen molar-refractivity contribution in [2.75, 3.05) is 0 Å². The third kappa shape index (κ3) is 19.0. The van der Waals surface area contributed by atoms with Gasteiger partial charge < -0.3 is 31.5 Å². The molecule has 4 nitrogen and oxygen atoms in total. The number of nitrogens with one attached hydrogen (secondary N) is 1. The summed E-state index contributed by atoms with van der Waals surface area (Å²) in [6, 6.07) is 2.39. The Balaban J connectivity index is -0.0000000978. The van der Waals surface area contributed by atoms with Gasteiger partial charge in [0.1, 0.15) is 0 Å². The van der Waals surface area contributed by atoms with Crippen LogP contribution in [-0.4, -0.2) is 22.0 Å². The monoisotopic (exact) mass is 644 g/mol. The van der Waals surface area contributed by atoms with Gasteiger partial charge in [0.25, 0.3) is 0 Å². The minimum atomic E-state index is 0. The number of pyridine rings is 1. The van der Waals surface area contributed by atoms with Crippen LogP contribution in [0.5, 0.6) is 0 Å². The second kappa shape index (κ2) is 25.6. The van der Waals surface area contributed by atoms with E-state index in [-0.39, 0.29) is 52.9 Å². The maximum atomic E-state index is 7.48. The van der Waals surface area contributed by atoms with Crippen molar-refractivity contribution in [1.29, 1.82) is 0 Å². The van der Waals surface area contributed by atoms with Gasteiger partial charge in [-0.25, -0.2) is 0 Å². The molecule has 0 radical (unpaired) electrons. The third-order valence-corrected chi connectivity index (χ3v) is 5.25. The average molecular weight is 645 g/mol. The van der Waals surface area contributed by atoms with Crippen molar-refractivity contribution in [1.82, 2.24) is 4.98 Å². The summed E-state index contributed by atoms with van der Waals surface area (Å²) in [5.74, 6) is 0.670. The summed E-state index contributed by atoms with van der Waals surface area (Å²) in [6.45, 7) is 20.7. The van der Waals surface area contributed by atoms with E-state index in [4.69, 9.17) is 5.73 Å². The van der Waals surface area contributed by atoms with Crippen molar-refractivity contribution in [3.8, 4) is 0 Å². The van der Waals surface area contributed by atoms with Gasteiger partial charge in [-0.15, -0.1) is 6.04 Å². The second-order valence-electron chi connectivity index (χ2n) is 8.13. The Morgan fingerprint density at radius 3 is 1.88 bits per heavy atom. The van der Waals surface area contributed by atoms with Crippen LogP contribution in [0, 0.1) is 34.6 Å². The Kier molecular flexibility index (Phi) is 35.2. The average Bonchev–Trinajstić information content (AvgIpc) is 2.66. The normalized spacial score (nSPS) is 17.1. The first-order chi connectivity index (χ1) is 13.2. The Morgan fingerprint density at radius 1 is 1.03 bits per heavy atom. The van der Waals surface area contributed by atoms with Crippen LogP contribution in [-0.2, 0) is 21.1 Å².